The maximum atomic E-state index is 12.2. The lowest BCUT2D eigenvalue weighted by atomic mass is 9.84. The van der Waals surface area contributed by atoms with Crippen molar-refractivity contribution in [1.29, 1.82) is 0 Å². The van der Waals surface area contributed by atoms with Crippen LogP contribution in [-0.2, 0) is 9.59 Å². The molecule has 0 aliphatic carbocycles. The molecule has 0 aliphatic heterocycles. The first-order chi connectivity index (χ1) is 15.1. The number of carboxylic acid groups (broad SMARTS) is 1. The van der Waals surface area contributed by atoms with Gasteiger partial charge in [0.25, 0.3) is 0 Å². The molecule has 4 atom stereocenters. The van der Waals surface area contributed by atoms with E-state index in [1.807, 2.05) is 19.1 Å². The van der Waals surface area contributed by atoms with E-state index in [2.05, 4.69) is 77.0 Å². The lowest BCUT2D eigenvalue weighted by Crippen LogP contribution is -2.32. The van der Waals surface area contributed by atoms with Gasteiger partial charge in [0.2, 0.25) is 5.91 Å². The van der Waals surface area contributed by atoms with Gasteiger partial charge in [-0.15, -0.1) is 0 Å². The van der Waals surface area contributed by atoms with Crippen LogP contribution < -0.4 is 5.32 Å². The van der Waals surface area contributed by atoms with Gasteiger partial charge in [0, 0.05) is 22.6 Å². The number of hydrogen-bond acceptors (Lipinski definition) is 2. The van der Waals surface area contributed by atoms with Gasteiger partial charge in [-0.2, -0.15) is 0 Å². The summed E-state index contributed by atoms with van der Waals surface area (Å²) in [5, 5.41) is 12.6. The largest absolute Gasteiger partial charge is 0.481 e. The van der Waals surface area contributed by atoms with Crippen LogP contribution in [0.5, 0.6) is 0 Å². The zero-order valence-electron chi connectivity index (χ0n) is 20.7. The molecule has 2 N–H and O–H groups in total. The Hall–Kier alpha value is -0.620. The number of carboxylic acids is 1. The number of rotatable bonds is 18. The summed E-state index contributed by atoms with van der Waals surface area (Å²) in [6.45, 7) is 11.4. The third-order valence-corrected chi connectivity index (χ3v) is 9.00. The SMILES string of the molecule is C/C=C/C(CCC(Br)C(Br)CC/C=C/CC(C)(C)CC)C(CC(=O)NCCCC)C(=O)O. The molecule has 4 unspecified atom stereocenters. The Balaban J connectivity index is 4.70. The Morgan fingerprint density at radius 3 is 2.28 bits per heavy atom. The van der Waals surface area contributed by atoms with Crippen molar-refractivity contribution >= 4 is 43.7 Å². The van der Waals surface area contributed by atoms with E-state index >= 15 is 0 Å². The van der Waals surface area contributed by atoms with E-state index < -0.39 is 11.9 Å². The number of nitrogens with one attached hydrogen (secondary N) is 1. The summed E-state index contributed by atoms with van der Waals surface area (Å²) in [7, 11) is 0. The Labute approximate surface area is 213 Å². The number of amides is 1. The van der Waals surface area contributed by atoms with Gasteiger partial charge >= 0.3 is 5.97 Å². The lowest BCUT2D eigenvalue weighted by molar-refractivity contribution is -0.145. The van der Waals surface area contributed by atoms with E-state index in [4.69, 9.17) is 0 Å². The fourth-order valence-electron chi connectivity index (χ4n) is 3.41. The van der Waals surface area contributed by atoms with E-state index in [0.717, 1.165) is 44.9 Å². The van der Waals surface area contributed by atoms with E-state index in [-0.39, 0.29) is 23.1 Å². The van der Waals surface area contributed by atoms with E-state index in [1.165, 1.54) is 6.42 Å². The van der Waals surface area contributed by atoms with Gasteiger partial charge in [-0.05, 0) is 56.8 Å². The van der Waals surface area contributed by atoms with Crippen molar-refractivity contribution in [2.75, 3.05) is 6.54 Å². The Bertz CT molecular complexity index is 590. The molecule has 0 bridgehead atoms. The summed E-state index contributed by atoms with van der Waals surface area (Å²) < 4.78 is 0. The van der Waals surface area contributed by atoms with Crippen LogP contribution in [0.15, 0.2) is 24.3 Å². The van der Waals surface area contributed by atoms with Crippen LogP contribution in [0.25, 0.3) is 0 Å². The van der Waals surface area contributed by atoms with Crippen molar-refractivity contribution in [3.05, 3.63) is 24.3 Å². The minimum Gasteiger partial charge on any atom is -0.481 e. The molecule has 0 aromatic carbocycles. The molecule has 0 aliphatic rings. The third kappa shape index (κ3) is 14.5. The molecule has 1 amide bonds. The van der Waals surface area contributed by atoms with E-state index in [0.29, 0.717) is 16.8 Å². The molecule has 186 valence electrons. The highest BCUT2D eigenvalue weighted by molar-refractivity contribution is 9.12. The number of halogens is 2. The molecule has 4 nitrogen and oxygen atoms in total. The predicted molar refractivity (Wildman–Crippen MR) is 144 cm³/mol. The van der Waals surface area contributed by atoms with Crippen LogP contribution in [0.1, 0.15) is 92.4 Å². The summed E-state index contributed by atoms with van der Waals surface area (Å²) in [5.74, 6) is -1.94. The van der Waals surface area contributed by atoms with E-state index in [9.17, 15) is 14.7 Å². The number of carbonyl (C=O) groups excluding carboxylic acids is 1. The average molecular weight is 579 g/mol. The summed E-state index contributed by atoms with van der Waals surface area (Å²) in [6.07, 6.45) is 16.2. The van der Waals surface area contributed by atoms with Crippen molar-refractivity contribution in [2.45, 2.75) is 102 Å². The van der Waals surface area contributed by atoms with Gasteiger partial charge in [-0.1, -0.05) is 96.7 Å². The minimum absolute atomic E-state index is 0.0254. The first-order valence-corrected chi connectivity index (χ1v) is 14.0. The first kappa shape index (κ1) is 31.4. The molecule has 0 aromatic heterocycles. The molecule has 0 fully saturated rings. The maximum Gasteiger partial charge on any atom is 0.307 e. The topological polar surface area (TPSA) is 66.4 Å². The van der Waals surface area contributed by atoms with Gasteiger partial charge in [-0.25, -0.2) is 0 Å². The number of carbonyl (C=O) groups is 2. The number of allylic oxidation sites excluding steroid dienone is 4. The Morgan fingerprint density at radius 2 is 1.72 bits per heavy atom. The van der Waals surface area contributed by atoms with Crippen molar-refractivity contribution < 1.29 is 14.7 Å². The highest BCUT2D eigenvalue weighted by Gasteiger charge is 2.29. The average Bonchev–Trinajstić information content (AvgIpc) is 2.74. The molecule has 0 saturated heterocycles. The molecule has 0 aromatic rings. The van der Waals surface area contributed by atoms with Gasteiger partial charge in [0.1, 0.15) is 0 Å². The molecule has 0 rings (SSSR count). The van der Waals surface area contributed by atoms with Crippen LogP contribution in [0.4, 0.5) is 0 Å². The minimum atomic E-state index is -0.902. The van der Waals surface area contributed by atoms with Crippen LogP contribution in [0, 0.1) is 17.3 Å². The molecular weight excluding hydrogens is 534 g/mol. The second-order valence-corrected chi connectivity index (χ2v) is 11.8. The fourth-order valence-corrected chi connectivity index (χ4v) is 4.47. The first-order valence-electron chi connectivity index (χ1n) is 12.1. The maximum absolute atomic E-state index is 12.2. The highest BCUT2D eigenvalue weighted by atomic mass is 79.9. The zero-order valence-corrected chi connectivity index (χ0v) is 23.9. The summed E-state index contributed by atoms with van der Waals surface area (Å²) in [4.78, 5) is 24.7. The van der Waals surface area contributed by atoms with Crippen molar-refractivity contribution in [1.82, 2.24) is 5.32 Å². The predicted octanol–water partition coefficient (Wildman–Crippen LogP) is 7.66. The molecule has 0 spiro atoms. The van der Waals surface area contributed by atoms with Crippen LogP contribution in [0.3, 0.4) is 0 Å². The molecule has 0 radical (unpaired) electrons. The van der Waals surface area contributed by atoms with Gasteiger partial charge < -0.3 is 10.4 Å². The van der Waals surface area contributed by atoms with Crippen molar-refractivity contribution in [3.63, 3.8) is 0 Å². The number of alkyl halides is 2. The van der Waals surface area contributed by atoms with Gasteiger partial charge in [0.15, 0.2) is 0 Å². The van der Waals surface area contributed by atoms with Crippen LogP contribution in [-0.4, -0.2) is 33.2 Å². The second kappa shape index (κ2) is 17.8. The summed E-state index contributed by atoms with van der Waals surface area (Å²) in [5.41, 5.74) is 0.359. The summed E-state index contributed by atoms with van der Waals surface area (Å²) >= 11 is 7.59. The quantitative estimate of drug-likeness (QED) is 0.0996. The Kier molecular flexibility index (Phi) is 17.5. The smallest absolute Gasteiger partial charge is 0.307 e. The number of hydrogen-bond donors (Lipinski definition) is 2. The van der Waals surface area contributed by atoms with Gasteiger partial charge in [0.05, 0.1) is 5.92 Å². The van der Waals surface area contributed by atoms with Crippen LogP contribution >= 0.6 is 31.9 Å². The molecule has 0 heterocycles. The number of aliphatic carboxylic acids is 1. The molecule has 0 saturated carbocycles. The highest BCUT2D eigenvalue weighted by Crippen LogP contribution is 2.30. The Morgan fingerprint density at radius 1 is 1.06 bits per heavy atom. The lowest BCUT2D eigenvalue weighted by Gasteiger charge is -2.23. The van der Waals surface area contributed by atoms with E-state index in [1.54, 1.807) is 0 Å². The fraction of sp³-hybridized carbons (Fsp3) is 0.769. The second-order valence-electron chi connectivity index (χ2n) is 9.42. The van der Waals surface area contributed by atoms with Crippen LogP contribution in [0.2, 0.25) is 0 Å². The molecular formula is C26H45Br2NO3. The molecule has 32 heavy (non-hydrogen) atoms. The third-order valence-electron chi connectivity index (χ3n) is 6.10. The molecule has 6 heteroatoms. The van der Waals surface area contributed by atoms with Crippen molar-refractivity contribution in [2.24, 2.45) is 17.3 Å². The van der Waals surface area contributed by atoms with Crippen molar-refractivity contribution in [3.8, 4) is 0 Å². The normalized spacial score (nSPS) is 16.2. The zero-order chi connectivity index (χ0) is 24.6. The number of unbranched alkanes of at least 4 members (excludes halogenated alkanes) is 1. The van der Waals surface area contributed by atoms with Gasteiger partial charge in [-0.3, -0.25) is 9.59 Å². The standard InChI is InChI=1S/C26H45Br2NO3/c1-6-9-18-29-24(30)19-21(25(31)32)20(13-7-2)15-16-23(28)22(27)14-11-10-12-17-26(4,5)8-3/h7,10,12-13,20-23H,6,8-9,11,14-19H2,1-5H3,(H,29,30)(H,31,32)/b12-10+,13-7+. The summed E-state index contributed by atoms with van der Waals surface area (Å²) in [6, 6.07) is 0. The monoisotopic (exact) mass is 577 g/mol.